The summed E-state index contributed by atoms with van der Waals surface area (Å²) in [5, 5.41) is 5.90. The van der Waals surface area contributed by atoms with Crippen molar-refractivity contribution < 1.29 is 9.59 Å². The maximum Gasteiger partial charge on any atom is 0.271 e. The fourth-order valence-corrected chi connectivity index (χ4v) is 1.22. The zero-order valence-electron chi connectivity index (χ0n) is 9.49. The summed E-state index contributed by atoms with van der Waals surface area (Å²) in [7, 11) is 0. The molecule has 1 aromatic rings. The van der Waals surface area contributed by atoms with E-state index in [1.165, 1.54) is 0 Å². The third-order valence-corrected chi connectivity index (χ3v) is 2.12. The second kappa shape index (κ2) is 5.60. The van der Waals surface area contributed by atoms with Crippen molar-refractivity contribution in [2.24, 2.45) is 5.10 Å². The lowest BCUT2D eigenvalue weighted by atomic mass is 10.1. The van der Waals surface area contributed by atoms with Crippen LogP contribution in [-0.2, 0) is 4.79 Å². The molecule has 1 rings (SSSR count). The summed E-state index contributed by atoms with van der Waals surface area (Å²) in [6.07, 6.45) is 1.16. The number of aryl methyl sites for hydroxylation is 1. The molecule has 0 saturated carbocycles. The van der Waals surface area contributed by atoms with E-state index < -0.39 is 0 Å². The maximum absolute atomic E-state index is 11.5. The van der Waals surface area contributed by atoms with Gasteiger partial charge in [-0.3, -0.25) is 9.59 Å². The number of carbonyl (C=O) groups excluding carboxylic acids is 2. The number of hydrogen-bond donors (Lipinski definition) is 2. The van der Waals surface area contributed by atoms with Gasteiger partial charge in [-0.25, -0.2) is 5.43 Å². The number of hydrogen-bond acceptors (Lipinski definition) is 3. The predicted molar refractivity (Wildman–Crippen MR) is 67.0 cm³/mol. The van der Waals surface area contributed by atoms with Crippen LogP contribution in [0.25, 0.3) is 0 Å². The Morgan fingerprint density at radius 1 is 1.41 bits per heavy atom. The molecule has 0 bridgehead atoms. The number of hydrazone groups is 1. The van der Waals surface area contributed by atoms with Gasteiger partial charge in [-0.2, -0.15) is 5.10 Å². The monoisotopic (exact) mass is 231 g/mol. The van der Waals surface area contributed by atoms with Crippen LogP contribution in [0.15, 0.2) is 36.0 Å². The molecule has 0 atom stereocenters. The van der Waals surface area contributed by atoms with Gasteiger partial charge in [0, 0.05) is 18.0 Å². The van der Waals surface area contributed by atoms with Crippen LogP contribution in [0, 0.1) is 6.92 Å². The van der Waals surface area contributed by atoms with E-state index in [0.717, 1.165) is 11.6 Å². The average molecular weight is 231 g/mol. The van der Waals surface area contributed by atoms with E-state index in [2.05, 4.69) is 29.1 Å². The Kier molecular flexibility index (Phi) is 4.16. The Bertz CT molecular complexity index is 481. The maximum atomic E-state index is 11.5. The quantitative estimate of drug-likeness (QED) is 0.468. The molecule has 0 radical (unpaired) electrons. The Hall–Kier alpha value is -2.43. The standard InChI is InChI=1S/C12H13N3O2/c1-4-11(16)14-10-7-9(6-5-8(10)2)12(17)15-13-3/h4-7H,1,3H2,2H3,(H,14,16)(H,15,17). The highest BCUT2D eigenvalue weighted by molar-refractivity contribution is 6.01. The summed E-state index contributed by atoms with van der Waals surface area (Å²) in [6, 6.07) is 4.94. The first-order chi connectivity index (χ1) is 8.08. The Labute approximate surface area is 99.2 Å². The fraction of sp³-hybridized carbons (Fsp3) is 0.0833. The van der Waals surface area contributed by atoms with Crippen LogP contribution in [0.1, 0.15) is 15.9 Å². The minimum Gasteiger partial charge on any atom is -0.322 e. The number of nitrogens with zero attached hydrogens (tertiary/aromatic N) is 1. The molecule has 5 heteroatoms. The highest BCUT2D eigenvalue weighted by atomic mass is 16.2. The topological polar surface area (TPSA) is 70.6 Å². The number of rotatable bonds is 4. The van der Waals surface area contributed by atoms with Gasteiger partial charge >= 0.3 is 0 Å². The van der Waals surface area contributed by atoms with Gasteiger partial charge in [0.15, 0.2) is 0 Å². The van der Waals surface area contributed by atoms with Crippen molar-refractivity contribution in [2.75, 3.05) is 5.32 Å². The van der Waals surface area contributed by atoms with Crippen LogP contribution in [0.5, 0.6) is 0 Å². The number of nitrogens with one attached hydrogen (secondary N) is 2. The first kappa shape index (κ1) is 12.6. The normalized spacial score (nSPS) is 9.24. The van der Waals surface area contributed by atoms with E-state index in [9.17, 15) is 9.59 Å². The van der Waals surface area contributed by atoms with Crippen LogP contribution in [0.2, 0.25) is 0 Å². The highest BCUT2D eigenvalue weighted by Gasteiger charge is 2.08. The summed E-state index contributed by atoms with van der Waals surface area (Å²) in [5.41, 5.74) is 4.02. The fourth-order valence-electron chi connectivity index (χ4n) is 1.22. The van der Waals surface area contributed by atoms with Crippen molar-refractivity contribution in [1.29, 1.82) is 0 Å². The molecule has 0 aliphatic rings. The summed E-state index contributed by atoms with van der Waals surface area (Å²) in [6.45, 7) is 8.35. The van der Waals surface area contributed by atoms with Crippen LogP contribution in [0.4, 0.5) is 5.69 Å². The van der Waals surface area contributed by atoms with Crippen molar-refractivity contribution in [3.8, 4) is 0 Å². The zero-order valence-corrected chi connectivity index (χ0v) is 9.49. The number of benzene rings is 1. The van der Waals surface area contributed by atoms with Crippen molar-refractivity contribution in [2.45, 2.75) is 6.92 Å². The van der Waals surface area contributed by atoms with Crippen LogP contribution in [-0.4, -0.2) is 18.5 Å². The van der Waals surface area contributed by atoms with Gasteiger partial charge in [0.2, 0.25) is 5.91 Å². The van der Waals surface area contributed by atoms with Gasteiger partial charge < -0.3 is 5.32 Å². The molecule has 0 aliphatic carbocycles. The van der Waals surface area contributed by atoms with E-state index in [0.29, 0.717) is 11.3 Å². The summed E-state index contributed by atoms with van der Waals surface area (Å²) < 4.78 is 0. The van der Waals surface area contributed by atoms with E-state index in [1.54, 1.807) is 18.2 Å². The molecule has 5 nitrogen and oxygen atoms in total. The SMILES string of the molecule is C=CC(=O)Nc1cc(C(=O)NN=C)ccc1C. The Morgan fingerprint density at radius 3 is 2.71 bits per heavy atom. The number of anilines is 1. The molecular formula is C12H13N3O2. The first-order valence-electron chi connectivity index (χ1n) is 4.88. The largest absolute Gasteiger partial charge is 0.322 e. The highest BCUT2D eigenvalue weighted by Crippen LogP contribution is 2.16. The molecule has 0 unspecified atom stereocenters. The molecule has 0 saturated heterocycles. The number of carbonyl (C=O) groups is 2. The van der Waals surface area contributed by atoms with E-state index in [4.69, 9.17) is 0 Å². The van der Waals surface area contributed by atoms with Gasteiger partial charge in [0.1, 0.15) is 0 Å². The van der Waals surface area contributed by atoms with Gasteiger partial charge in [0.05, 0.1) is 0 Å². The van der Waals surface area contributed by atoms with Crippen molar-refractivity contribution in [3.63, 3.8) is 0 Å². The molecule has 0 aromatic heterocycles. The van der Waals surface area contributed by atoms with Crippen LogP contribution in [0.3, 0.4) is 0 Å². The van der Waals surface area contributed by atoms with Crippen molar-refractivity contribution in [1.82, 2.24) is 5.43 Å². The molecule has 0 heterocycles. The zero-order chi connectivity index (χ0) is 12.8. The predicted octanol–water partition coefficient (Wildman–Crippen LogP) is 1.46. The van der Waals surface area contributed by atoms with E-state index in [-0.39, 0.29) is 11.8 Å². The lowest BCUT2D eigenvalue weighted by Crippen LogP contribution is -2.17. The Morgan fingerprint density at radius 2 is 2.12 bits per heavy atom. The molecule has 2 N–H and O–H groups in total. The molecule has 2 amide bonds. The van der Waals surface area contributed by atoms with Crippen LogP contribution < -0.4 is 10.7 Å². The van der Waals surface area contributed by atoms with Crippen molar-refractivity contribution in [3.05, 3.63) is 42.0 Å². The van der Waals surface area contributed by atoms with Gasteiger partial charge in [-0.1, -0.05) is 12.6 Å². The number of amides is 2. The minimum atomic E-state index is -0.380. The average Bonchev–Trinajstić information content (AvgIpc) is 2.32. The smallest absolute Gasteiger partial charge is 0.271 e. The first-order valence-corrected chi connectivity index (χ1v) is 4.88. The lowest BCUT2D eigenvalue weighted by molar-refractivity contribution is -0.111. The van der Waals surface area contributed by atoms with E-state index >= 15 is 0 Å². The minimum absolute atomic E-state index is 0.326. The van der Waals surface area contributed by atoms with Gasteiger partial charge in [-0.05, 0) is 30.7 Å². The molecule has 0 aliphatic heterocycles. The third-order valence-electron chi connectivity index (χ3n) is 2.12. The summed E-state index contributed by atoms with van der Waals surface area (Å²) in [4.78, 5) is 22.7. The van der Waals surface area contributed by atoms with Crippen LogP contribution >= 0.6 is 0 Å². The molecule has 0 spiro atoms. The molecular weight excluding hydrogens is 218 g/mol. The third kappa shape index (κ3) is 3.27. The second-order valence-electron chi connectivity index (χ2n) is 3.32. The summed E-state index contributed by atoms with van der Waals surface area (Å²) >= 11 is 0. The molecule has 0 fully saturated rings. The summed E-state index contributed by atoms with van der Waals surface area (Å²) in [5.74, 6) is -0.707. The molecule has 1 aromatic carbocycles. The van der Waals surface area contributed by atoms with Gasteiger partial charge in [0.25, 0.3) is 5.91 Å². The van der Waals surface area contributed by atoms with Gasteiger partial charge in [-0.15, -0.1) is 0 Å². The Balaban J connectivity index is 3.01. The van der Waals surface area contributed by atoms with E-state index in [1.807, 2.05) is 6.92 Å². The lowest BCUT2D eigenvalue weighted by Gasteiger charge is -2.08. The molecule has 17 heavy (non-hydrogen) atoms. The second-order valence-corrected chi connectivity index (χ2v) is 3.32. The van der Waals surface area contributed by atoms with Crippen molar-refractivity contribution >= 4 is 24.2 Å². The molecule has 88 valence electrons.